The molecule has 4 nitrogen and oxygen atoms in total. The topological polar surface area (TPSA) is 58.9 Å². The summed E-state index contributed by atoms with van der Waals surface area (Å²) in [6.45, 7) is -0.0371. The van der Waals surface area contributed by atoms with Gasteiger partial charge in [0.05, 0.1) is 0 Å². The molecule has 0 saturated heterocycles. The number of rotatable bonds is 5. The number of nitroso groups, excluding NO2 is 2. The zero-order valence-electron chi connectivity index (χ0n) is 6.49. The number of hydrogen-bond donors (Lipinski definition) is 0. The first-order valence-corrected chi connectivity index (χ1v) is 5.92. The Morgan fingerprint density at radius 2 is 2.25 bits per heavy atom. The molecular formula is C7H9IN2O2. The molecule has 0 aliphatic rings. The largest absolute Gasteiger partial charge is 0.151 e. The minimum atomic E-state index is -0.500. The van der Waals surface area contributed by atoms with Gasteiger partial charge in [-0.2, -0.15) is 9.81 Å². The highest BCUT2D eigenvalue weighted by molar-refractivity contribution is 14.2. The van der Waals surface area contributed by atoms with E-state index < -0.39 is 6.04 Å². The lowest BCUT2D eigenvalue weighted by Gasteiger charge is -1.98. The number of halogens is 1. The van der Waals surface area contributed by atoms with E-state index in [-0.39, 0.29) is 27.3 Å². The molecule has 0 aliphatic heterocycles. The second kappa shape index (κ2) is 8.46. The Bertz CT molecular complexity index is 219. The van der Waals surface area contributed by atoms with Gasteiger partial charge in [-0.05, 0) is 31.1 Å². The lowest BCUT2D eigenvalue weighted by molar-refractivity contribution is 0.632. The Balaban J connectivity index is 3.63. The highest BCUT2D eigenvalue weighted by Crippen LogP contribution is 2.01. The summed E-state index contributed by atoms with van der Waals surface area (Å²) in [6, 6.07) is -0.500. The van der Waals surface area contributed by atoms with E-state index in [4.69, 9.17) is 0 Å². The van der Waals surface area contributed by atoms with E-state index in [1.807, 2.05) is 0 Å². The molecule has 0 heterocycles. The molecule has 5 heteroatoms. The lowest BCUT2D eigenvalue weighted by atomic mass is 10.2. The third-order valence-electron chi connectivity index (χ3n) is 1.17. The van der Waals surface area contributed by atoms with Gasteiger partial charge in [-0.15, -0.1) is 0 Å². The minimum Gasteiger partial charge on any atom is -0.151 e. The van der Waals surface area contributed by atoms with Crippen LogP contribution in [-0.2, 0) is 0 Å². The van der Waals surface area contributed by atoms with Crippen LogP contribution >= 0.6 is 20.7 Å². The zero-order chi connectivity index (χ0) is 9.23. The number of hydrogen-bond acceptors (Lipinski definition) is 4. The van der Waals surface area contributed by atoms with Gasteiger partial charge in [0.1, 0.15) is 12.6 Å². The summed E-state index contributed by atoms with van der Waals surface area (Å²) >= 11 is -0.243. The van der Waals surface area contributed by atoms with Crippen LogP contribution in [0, 0.1) is 19.7 Å². The SMILES string of the molecule is C=IC#CCC[C@H](CN=O)N=O. The summed E-state index contributed by atoms with van der Waals surface area (Å²) in [4.78, 5) is 19.8. The second-order valence-corrected chi connectivity index (χ2v) is 3.32. The highest BCUT2D eigenvalue weighted by atomic mass is 127. The average Bonchev–Trinajstić information content (AvgIpc) is 2.10. The van der Waals surface area contributed by atoms with E-state index in [1.165, 1.54) is 0 Å². The highest BCUT2D eigenvalue weighted by Gasteiger charge is 2.06. The molecule has 0 unspecified atom stereocenters. The van der Waals surface area contributed by atoms with E-state index in [2.05, 4.69) is 24.7 Å². The molecule has 0 N–H and O–H groups in total. The van der Waals surface area contributed by atoms with Crippen molar-refractivity contribution in [2.45, 2.75) is 18.9 Å². The first-order valence-electron chi connectivity index (χ1n) is 3.32. The fourth-order valence-corrected chi connectivity index (χ4v) is 1.14. The van der Waals surface area contributed by atoms with Gasteiger partial charge in [0.25, 0.3) is 0 Å². The maximum Gasteiger partial charge on any atom is 0.116 e. The molecule has 0 spiro atoms. The molecular weight excluding hydrogens is 271 g/mol. The molecule has 0 aliphatic carbocycles. The standard InChI is InChI=1S/C7H9IN2O2/c1-8-5-3-2-4-7(10-12)6-9-11/h7H,1-2,4,6H2/t7-/m1/s1. The average molecular weight is 280 g/mol. The molecule has 0 aromatic heterocycles. The summed E-state index contributed by atoms with van der Waals surface area (Å²) in [7, 11) is 0. The molecule has 1 atom stereocenters. The summed E-state index contributed by atoms with van der Waals surface area (Å²) in [6.07, 6.45) is 1.12. The van der Waals surface area contributed by atoms with Gasteiger partial charge in [-0.25, -0.2) is 0 Å². The normalized spacial score (nSPS) is 11.0. The Morgan fingerprint density at radius 3 is 2.75 bits per heavy atom. The lowest BCUT2D eigenvalue weighted by Crippen LogP contribution is -2.06. The van der Waals surface area contributed by atoms with Crippen molar-refractivity contribution < 1.29 is 0 Å². The van der Waals surface area contributed by atoms with E-state index in [1.54, 1.807) is 0 Å². The van der Waals surface area contributed by atoms with E-state index in [0.29, 0.717) is 12.8 Å². The summed E-state index contributed by atoms with van der Waals surface area (Å²) in [5.74, 6) is 2.85. The van der Waals surface area contributed by atoms with Crippen LogP contribution in [0.15, 0.2) is 10.4 Å². The van der Waals surface area contributed by atoms with Crippen LogP contribution in [0.5, 0.6) is 0 Å². The van der Waals surface area contributed by atoms with Gasteiger partial charge in [-0.3, -0.25) is 0 Å². The molecule has 66 valence electrons. The Labute approximate surface area is 80.8 Å². The number of nitrogens with zero attached hydrogens (tertiary/aromatic N) is 2. The smallest absolute Gasteiger partial charge is 0.116 e. The van der Waals surface area contributed by atoms with Gasteiger partial charge >= 0.3 is 0 Å². The van der Waals surface area contributed by atoms with Crippen LogP contribution in [0.4, 0.5) is 0 Å². The van der Waals surface area contributed by atoms with Crippen LogP contribution < -0.4 is 0 Å². The van der Waals surface area contributed by atoms with Crippen molar-refractivity contribution in [3.8, 4) is 9.85 Å². The molecule has 0 bridgehead atoms. The van der Waals surface area contributed by atoms with Crippen LogP contribution in [0.1, 0.15) is 12.8 Å². The molecule has 0 amide bonds. The van der Waals surface area contributed by atoms with Crippen molar-refractivity contribution in [2.75, 3.05) is 6.54 Å². The summed E-state index contributed by atoms with van der Waals surface area (Å²) in [5.41, 5.74) is 0. The predicted octanol–water partition coefficient (Wildman–Crippen LogP) is 2.03. The molecule has 0 fully saturated rings. The van der Waals surface area contributed by atoms with Crippen LogP contribution in [0.25, 0.3) is 0 Å². The van der Waals surface area contributed by atoms with E-state index in [9.17, 15) is 9.81 Å². The first-order chi connectivity index (χ1) is 5.85. The Morgan fingerprint density at radius 1 is 1.50 bits per heavy atom. The summed E-state index contributed by atoms with van der Waals surface area (Å²) < 4.78 is 6.51. The second-order valence-electron chi connectivity index (χ2n) is 2.01. The third-order valence-corrected chi connectivity index (χ3v) is 1.93. The van der Waals surface area contributed by atoms with Gasteiger partial charge in [0, 0.05) is 6.42 Å². The Kier molecular flexibility index (Phi) is 8.01. The zero-order valence-corrected chi connectivity index (χ0v) is 8.65. The third kappa shape index (κ3) is 6.09. The predicted molar refractivity (Wildman–Crippen MR) is 58.4 cm³/mol. The van der Waals surface area contributed by atoms with Gasteiger partial charge in [-0.1, -0.05) is 20.8 Å². The fourth-order valence-electron chi connectivity index (χ4n) is 0.597. The Hall–Kier alpha value is -0.640. The van der Waals surface area contributed by atoms with Gasteiger partial charge < -0.3 is 0 Å². The molecule has 0 aromatic carbocycles. The van der Waals surface area contributed by atoms with Crippen molar-refractivity contribution in [3.63, 3.8) is 0 Å². The fraction of sp³-hybridized carbons (Fsp3) is 0.571. The quantitative estimate of drug-likeness (QED) is 0.439. The molecule has 0 aromatic rings. The molecule has 12 heavy (non-hydrogen) atoms. The van der Waals surface area contributed by atoms with Crippen molar-refractivity contribution in [1.82, 2.24) is 0 Å². The van der Waals surface area contributed by atoms with E-state index >= 15 is 0 Å². The molecule has 0 rings (SSSR count). The van der Waals surface area contributed by atoms with Crippen molar-refractivity contribution >= 4 is 25.2 Å². The van der Waals surface area contributed by atoms with Crippen molar-refractivity contribution in [2.24, 2.45) is 10.4 Å². The molecule has 0 radical (unpaired) electrons. The van der Waals surface area contributed by atoms with Crippen molar-refractivity contribution in [1.29, 1.82) is 0 Å². The van der Waals surface area contributed by atoms with Gasteiger partial charge in [0.2, 0.25) is 0 Å². The monoisotopic (exact) mass is 280 g/mol. The summed E-state index contributed by atoms with van der Waals surface area (Å²) in [5, 5.41) is 5.37. The van der Waals surface area contributed by atoms with Crippen LogP contribution in [-0.4, -0.2) is 17.1 Å². The van der Waals surface area contributed by atoms with E-state index in [0.717, 1.165) is 0 Å². The molecule has 0 saturated carbocycles. The van der Waals surface area contributed by atoms with Crippen LogP contribution in [0.3, 0.4) is 0 Å². The maximum atomic E-state index is 10.1. The van der Waals surface area contributed by atoms with Crippen LogP contribution in [0.2, 0.25) is 0 Å². The van der Waals surface area contributed by atoms with Crippen molar-refractivity contribution in [3.05, 3.63) is 9.81 Å². The first kappa shape index (κ1) is 11.4. The maximum absolute atomic E-state index is 10.1. The minimum absolute atomic E-state index is 0.0371. The van der Waals surface area contributed by atoms with Gasteiger partial charge in [0.15, 0.2) is 0 Å².